The van der Waals surface area contributed by atoms with Crippen molar-refractivity contribution in [2.24, 2.45) is 0 Å². The first kappa shape index (κ1) is 7.97. The van der Waals surface area contributed by atoms with E-state index in [9.17, 15) is 22.4 Å². The van der Waals surface area contributed by atoms with Gasteiger partial charge in [-0.05, 0) is 6.08 Å². The van der Waals surface area contributed by atoms with Crippen LogP contribution in [0.1, 0.15) is 0 Å². The Morgan fingerprint density at radius 3 is 2.36 bits per heavy atom. The first-order valence-corrected chi connectivity index (χ1v) is 2.65. The summed E-state index contributed by atoms with van der Waals surface area (Å²) in [5.74, 6) is -7.19. The van der Waals surface area contributed by atoms with E-state index in [0.717, 1.165) is 0 Å². The Labute approximate surface area is 59.0 Å². The minimum atomic E-state index is -2.48. The van der Waals surface area contributed by atoms with Crippen molar-refractivity contribution in [1.82, 2.24) is 0 Å². The number of hydrogen-bond acceptors (Lipinski definition) is 1. The van der Waals surface area contributed by atoms with Gasteiger partial charge in [-0.25, -0.2) is 13.2 Å². The summed E-state index contributed by atoms with van der Waals surface area (Å²) in [5, 5.41) is 0. The van der Waals surface area contributed by atoms with Crippen LogP contribution in [0.2, 0.25) is 0 Å². The molecular weight excluding hydrogens is 164 g/mol. The minimum Gasteiger partial charge on any atom is -0.283 e. The van der Waals surface area contributed by atoms with E-state index in [1.54, 1.807) is 0 Å². The summed E-state index contributed by atoms with van der Waals surface area (Å²) in [7, 11) is 0. The van der Waals surface area contributed by atoms with Crippen molar-refractivity contribution in [3.63, 3.8) is 0 Å². The first-order chi connectivity index (χ1) is 5.04. The smallest absolute Gasteiger partial charge is 0.252 e. The molecule has 0 bridgehead atoms. The molecule has 1 atom stereocenters. The molecule has 0 saturated heterocycles. The molecule has 1 rings (SSSR count). The minimum absolute atomic E-state index is 0.0841. The highest BCUT2D eigenvalue weighted by atomic mass is 19.2. The van der Waals surface area contributed by atoms with Crippen molar-refractivity contribution in [1.29, 1.82) is 0 Å². The van der Waals surface area contributed by atoms with E-state index < -0.39 is 29.4 Å². The summed E-state index contributed by atoms with van der Waals surface area (Å²) in [4.78, 5) is 10.2. The molecule has 0 spiro atoms. The maximum absolute atomic E-state index is 12.1. The van der Waals surface area contributed by atoms with Gasteiger partial charge in [0.2, 0.25) is 5.83 Å². The van der Waals surface area contributed by atoms with Crippen LogP contribution in [0.15, 0.2) is 23.6 Å². The largest absolute Gasteiger partial charge is 0.283 e. The van der Waals surface area contributed by atoms with Crippen LogP contribution in [-0.2, 0) is 4.79 Å². The lowest BCUT2D eigenvalue weighted by Crippen LogP contribution is -2.13. The Morgan fingerprint density at radius 1 is 1.27 bits per heavy atom. The van der Waals surface area contributed by atoms with Gasteiger partial charge in [0.05, 0.1) is 0 Å². The maximum Gasteiger partial charge on any atom is 0.252 e. The molecule has 0 aliphatic heterocycles. The Hall–Kier alpha value is -1.13. The summed E-state index contributed by atoms with van der Waals surface area (Å²) in [6, 6.07) is 0. The molecule has 0 fully saturated rings. The van der Waals surface area contributed by atoms with Crippen LogP contribution < -0.4 is 0 Å². The second kappa shape index (κ2) is 2.48. The number of alkyl halides is 1. The second-order valence-corrected chi connectivity index (χ2v) is 1.91. The second-order valence-electron chi connectivity index (χ2n) is 1.91. The van der Waals surface area contributed by atoms with Crippen molar-refractivity contribution >= 4 is 5.78 Å². The summed E-state index contributed by atoms with van der Waals surface area (Å²) in [6.07, 6.45) is -2.39. The number of carbonyl (C=O) groups is 1. The molecule has 1 nitrogen and oxygen atoms in total. The van der Waals surface area contributed by atoms with Crippen LogP contribution in [-0.4, -0.2) is 12.0 Å². The average Bonchev–Trinajstić information content (AvgIpc) is 1.97. The highest BCUT2D eigenvalue weighted by molar-refractivity contribution is 6.06. The molecule has 0 saturated carbocycles. The lowest BCUT2D eigenvalue weighted by Gasteiger charge is -2.06. The van der Waals surface area contributed by atoms with E-state index >= 15 is 0 Å². The Kier molecular flexibility index (Phi) is 1.80. The molecule has 0 aromatic carbocycles. The van der Waals surface area contributed by atoms with Gasteiger partial charge in [-0.3, -0.25) is 4.79 Å². The molecule has 0 aromatic rings. The predicted octanol–water partition coefficient (Wildman–Crippen LogP) is 1.91. The maximum atomic E-state index is 12.1. The molecule has 60 valence electrons. The quantitative estimate of drug-likeness (QED) is 0.502. The van der Waals surface area contributed by atoms with Crippen LogP contribution >= 0.6 is 0 Å². The topological polar surface area (TPSA) is 17.1 Å². The first-order valence-electron chi connectivity index (χ1n) is 2.65. The molecule has 0 amide bonds. The summed E-state index contributed by atoms with van der Waals surface area (Å²) < 4.78 is 48.4. The van der Waals surface area contributed by atoms with E-state index in [1.165, 1.54) is 0 Å². The monoisotopic (exact) mass is 166 g/mol. The molecule has 1 aliphatic rings. The van der Waals surface area contributed by atoms with Crippen LogP contribution in [0.25, 0.3) is 0 Å². The number of allylic oxidation sites excluding steroid dienone is 4. The fourth-order valence-electron chi connectivity index (χ4n) is 0.612. The lowest BCUT2D eigenvalue weighted by molar-refractivity contribution is -0.115. The van der Waals surface area contributed by atoms with Gasteiger partial charge >= 0.3 is 0 Å². The Bertz CT molecular complexity index is 266. The average molecular weight is 166 g/mol. The summed E-state index contributed by atoms with van der Waals surface area (Å²) in [5.41, 5.74) is 0. The zero-order valence-corrected chi connectivity index (χ0v) is 5.07. The summed E-state index contributed by atoms with van der Waals surface area (Å²) >= 11 is 0. The standard InChI is InChI=1S/C6H2F4O/c7-2-1-3(8)6(11)5(10)4(2)9/h1-2H. The molecule has 5 heteroatoms. The normalized spacial score (nSPS) is 25.6. The number of rotatable bonds is 0. The third-order valence-electron chi connectivity index (χ3n) is 1.16. The van der Waals surface area contributed by atoms with Crippen molar-refractivity contribution in [3.8, 4) is 0 Å². The van der Waals surface area contributed by atoms with Gasteiger partial charge in [-0.15, -0.1) is 0 Å². The van der Waals surface area contributed by atoms with E-state index in [-0.39, 0.29) is 6.08 Å². The van der Waals surface area contributed by atoms with Crippen molar-refractivity contribution in [2.75, 3.05) is 0 Å². The summed E-state index contributed by atoms with van der Waals surface area (Å²) in [6.45, 7) is 0. The molecule has 0 N–H and O–H groups in total. The zero-order valence-electron chi connectivity index (χ0n) is 5.07. The van der Waals surface area contributed by atoms with Crippen LogP contribution in [0, 0.1) is 0 Å². The zero-order chi connectivity index (χ0) is 8.59. The number of halogens is 4. The van der Waals surface area contributed by atoms with Gasteiger partial charge in [0.1, 0.15) is 0 Å². The number of Topliss-reactive ketones (excluding diaryl/α,β-unsaturated/α-hetero) is 1. The fourth-order valence-corrected chi connectivity index (χ4v) is 0.612. The van der Waals surface area contributed by atoms with E-state index in [4.69, 9.17) is 0 Å². The predicted molar refractivity (Wildman–Crippen MR) is 28.3 cm³/mol. The van der Waals surface area contributed by atoms with Crippen LogP contribution in [0.5, 0.6) is 0 Å². The SMILES string of the molecule is O=C1C(F)=CC(F)C(F)=C1F. The third kappa shape index (κ3) is 1.18. The van der Waals surface area contributed by atoms with E-state index in [2.05, 4.69) is 0 Å². The molecule has 0 radical (unpaired) electrons. The molecule has 0 aromatic heterocycles. The molecular formula is C6H2F4O. The van der Waals surface area contributed by atoms with Gasteiger partial charge < -0.3 is 0 Å². The molecule has 1 unspecified atom stereocenters. The van der Waals surface area contributed by atoms with Gasteiger partial charge in [0.15, 0.2) is 17.8 Å². The number of ketones is 1. The molecule has 11 heavy (non-hydrogen) atoms. The highest BCUT2D eigenvalue weighted by Gasteiger charge is 2.30. The van der Waals surface area contributed by atoms with E-state index in [0.29, 0.717) is 0 Å². The number of hydrogen-bond donors (Lipinski definition) is 0. The molecule has 1 aliphatic carbocycles. The Balaban J connectivity index is 3.08. The number of carbonyl (C=O) groups excluding carboxylic acids is 1. The van der Waals surface area contributed by atoms with Crippen LogP contribution in [0.4, 0.5) is 17.6 Å². The Morgan fingerprint density at radius 2 is 1.82 bits per heavy atom. The van der Waals surface area contributed by atoms with Crippen LogP contribution in [0.3, 0.4) is 0 Å². The van der Waals surface area contributed by atoms with Gasteiger partial charge in [-0.1, -0.05) is 0 Å². The van der Waals surface area contributed by atoms with Gasteiger partial charge in [0, 0.05) is 0 Å². The van der Waals surface area contributed by atoms with E-state index in [1.807, 2.05) is 0 Å². The van der Waals surface area contributed by atoms with Crippen molar-refractivity contribution in [2.45, 2.75) is 6.17 Å². The van der Waals surface area contributed by atoms with Crippen molar-refractivity contribution < 1.29 is 22.4 Å². The third-order valence-corrected chi connectivity index (χ3v) is 1.16. The highest BCUT2D eigenvalue weighted by Crippen LogP contribution is 2.26. The van der Waals surface area contributed by atoms with Gasteiger partial charge in [0.25, 0.3) is 5.78 Å². The fraction of sp³-hybridized carbons (Fsp3) is 0.167. The van der Waals surface area contributed by atoms with Gasteiger partial charge in [-0.2, -0.15) is 4.39 Å². The molecule has 0 heterocycles. The van der Waals surface area contributed by atoms with Crippen molar-refractivity contribution in [3.05, 3.63) is 23.6 Å². The lowest BCUT2D eigenvalue weighted by atomic mass is 10.1.